The molecule has 2 aliphatic heterocycles. The van der Waals surface area contributed by atoms with E-state index in [0.29, 0.717) is 0 Å². The van der Waals surface area contributed by atoms with Crippen molar-refractivity contribution in [2.75, 3.05) is 39.8 Å². The van der Waals surface area contributed by atoms with Gasteiger partial charge in [-0.15, -0.1) is 0 Å². The normalized spacial score (nSPS) is 28.4. The summed E-state index contributed by atoms with van der Waals surface area (Å²) >= 11 is 1.81. The molecule has 0 aromatic heterocycles. The van der Waals surface area contributed by atoms with Crippen LogP contribution in [0.2, 0.25) is 0 Å². The third kappa shape index (κ3) is 1.82. The predicted molar refractivity (Wildman–Crippen MR) is 52.5 cm³/mol. The Hall–Kier alpha value is -0.0300. The fraction of sp³-hybridized carbons (Fsp3) is 0.750. The van der Waals surface area contributed by atoms with Gasteiger partial charge >= 0.3 is 0 Å². The van der Waals surface area contributed by atoms with E-state index >= 15 is 0 Å². The lowest BCUT2D eigenvalue weighted by molar-refractivity contribution is 0.0332. The van der Waals surface area contributed by atoms with Crippen molar-refractivity contribution in [2.24, 2.45) is 0 Å². The predicted octanol–water partition coefficient (Wildman–Crippen LogP) is 0.626. The molecule has 0 aliphatic carbocycles. The van der Waals surface area contributed by atoms with Gasteiger partial charge in [-0.2, -0.15) is 4.41 Å². The zero-order valence-corrected chi connectivity index (χ0v) is 8.26. The highest BCUT2D eigenvalue weighted by Crippen LogP contribution is 2.21. The zero-order valence-electron chi connectivity index (χ0n) is 7.44. The minimum absolute atomic E-state index is 1.08. The second-order valence-corrected chi connectivity index (χ2v) is 4.17. The van der Waals surface area contributed by atoms with Crippen molar-refractivity contribution in [1.29, 1.82) is 0 Å². The van der Waals surface area contributed by atoms with Crippen LogP contribution in [-0.4, -0.2) is 54.1 Å². The second kappa shape index (κ2) is 3.79. The lowest BCUT2D eigenvalue weighted by Gasteiger charge is -2.36. The smallest absolute Gasteiger partial charge is 0.0440 e. The molecule has 0 saturated carbocycles. The Morgan fingerprint density at radius 1 is 1.17 bits per heavy atom. The maximum atomic E-state index is 2.44. The van der Waals surface area contributed by atoms with Gasteiger partial charge in [0.1, 0.15) is 0 Å². The molecule has 0 aromatic rings. The summed E-state index contributed by atoms with van der Waals surface area (Å²) in [6.07, 6.45) is 2.21. The van der Waals surface area contributed by atoms with Gasteiger partial charge in [0.15, 0.2) is 0 Å². The number of hydrogen-bond acceptors (Lipinski definition) is 4. The van der Waals surface area contributed by atoms with Crippen molar-refractivity contribution < 1.29 is 0 Å². The molecule has 2 aliphatic rings. The highest BCUT2D eigenvalue weighted by atomic mass is 32.2. The van der Waals surface area contributed by atoms with Gasteiger partial charge in [0, 0.05) is 32.7 Å². The third-order valence-electron chi connectivity index (χ3n) is 2.34. The van der Waals surface area contributed by atoms with Crippen LogP contribution < -0.4 is 0 Å². The highest BCUT2D eigenvalue weighted by Gasteiger charge is 2.20. The number of nitrogens with zero attached hydrogens (tertiary/aromatic N) is 3. The summed E-state index contributed by atoms with van der Waals surface area (Å²) in [5.41, 5.74) is 0. The number of piperazine rings is 1. The van der Waals surface area contributed by atoms with E-state index in [0.717, 1.165) is 6.54 Å². The number of hydrogen-bond donors (Lipinski definition) is 0. The molecule has 0 unspecified atom stereocenters. The largest absolute Gasteiger partial charge is 0.304 e. The quantitative estimate of drug-likeness (QED) is 0.554. The standard InChI is InChI=1S/C8H15N3S/c1-9-4-6-10(7-5-9)11-3-2-8-12-11/h2,8H,3-7H2,1H3. The van der Waals surface area contributed by atoms with Crippen molar-refractivity contribution in [3.63, 3.8) is 0 Å². The van der Waals surface area contributed by atoms with Gasteiger partial charge in [-0.3, -0.25) is 0 Å². The average Bonchev–Trinajstić information content (AvgIpc) is 2.58. The Kier molecular flexibility index (Phi) is 2.70. The molecule has 2 rings (SSSR count). The summed E-state index contributed by atoms with van der Waals surface area (Å²) in [7, 11) is 2.19. The van der Waals surface area contributed by atoms with E-state index in [-0.39, 0.29) is 0 Å². The molecule has 0 N–H and O–H groups in total. The summed E-state index contributed by atoms with van der Waals surface area (Å²) in [4.78, 5) is 2.38. The molecule has 0 spiro atoms. The maximum Gasteiger partial charge on any atom is 0.0440 e. The van der Waals surface area contributed by atoms with E-state index in [1.54, 1.807) is 0 Å². The van der Waals surface area contributed by atoms with E-state index in [2.05, 4.69) is 32.9 Å². The lowest BCUT2D eigenvalue weighted by Crippen LogP contribution is -2.49. The van der Waals surface area contributed by atoms with Crippen LogP contribution in [-0.2, 0) is 0 Å². The first kappa shape index (κ1) is 8.56. The summed E-state index contributed by atoms with van der Waals surface area (Å²) in [5, 5.41) is 4.60. The Balaban J connectivity index is 1.81. The highest BCUT2D eigenvalue weighted by molar-refractivity contribution is 8.00. The molecule has 0 bridgehead atoms. The van der Waals surface area contributed by atoms with Crippen LogP contribution in [0.3, 0.4) is 0 Å². The molecule has 1 saturated heterocycles. The summed E-state index contributed by atoms with van der Waals surface area (Å²) in [5.74, 6) is 0. The number of likely N-dealkylation sites (N-methyl/N-ethyl adjacent to an activating group) is 1. The van der Waals surface area contributed by atoms with Gasteiger partial charge in [-0.25, -0.2) is 5.01 Å². The van der Waals surface area contributed by atoms with Gasteiger partial charge in [-0.05, 0) is 24.4 Å². The number of rotatable bonds is 1. The summed E-state index contributed by atoms with van der Waals surface area (Å²) in [6, 6.07) is 0. The molecule has 1 fully saturated rings. The van der Waals surface area contributed by atoms with E-state index in [9.17, 15) is 0 Å². The zero-order chi connectivity index (χ0) is 8.39. The first-order valence-electron chi connectivity index (χ1n) is 4.39. The molecule has 0 aromatic carbocycles. The van der Waals surface area contributed by atoms with Crippen LogP contribution in [0.4, 0.5) is 0 Å². The van der Waals surface area contributed by atoms with Crippen LogP contribution >= 0.6 is 11.9 Å². The molecule has 12 heavy (non-hydrogen) atoms. The lowest BCUT2D eigenvalue weighted by atomic mass is 10.4. The van der Waals surface area contributed by atoms with Gasteiger partial charge in [0.2, 0.25) is 0 Å². The number of hydrazine groups is 1. The van der Waals surface area contributed by atoms with Gasteiger partial charge in [0.05, 0.1) is 0 Å². The first-order valence-corrected chi connectivity index (χ1v) is 5.22. The van der Waals surface area contributed by atoms with Crippen LogP contribution in [0, 0.1) is 0 Å². The monoisotopic (exact) mass is 185 g/mol. The Morgan fingerprint density at radius 2 is 1.92 bits per heavy atom. The molecule has 0 amide bonds. The van der Waals surface area contributed by atoms with Crippen LogP contribution in [0.25, 0.3) is 0 Å². The van der Waals surface area contributed by atoms with E-state index < -0.39 is 0 Å². The minimum Gasteiger partial charge on any atom is -0.304 e. The second-order valence-electron chi connectivity index (χ2n) is 3.27. The Bertz CT molecular complexity index is 167. The fourth-order valence-electron chi connectivity index (χ4n) is 1.49. The molecule has 3 nitrogen and oxygen atoms in total. The summed E-state index contributed by atoms with van der Waals surface area (Å²) < 4.78 is 2.34. The third-order valence-corrected chi connectivity index (χ3v) is 3.27. The molecule has 0 atom stereocenters. The van der Waals surface area contributed by atoms with Gasteiger partial charge in [0.25, 0.3) is 0 Å². The fourth-order valence-corrected chi connectivity index (χ4v) is 2.27. The molecule has 68 valence electrons. The Labute approximate surface area is 78.1 Å². The summed E-state index contributed by atoms with van der Waals surface area (Å²) in [6.45, 7) is 5.80. The van der Waals surface area contributed by atoms with Crippen LogP contribution in [0.5, 0.6) is 0 Å². The average molecular weight is 185 g/mol. The topological polar surface area (TPSA) is 9.72 Å². The van der Waals surface area contributed by atoms with Crippen LogP contribution in [0.15, 0.2) is 11.5 Å². The van der Waals surface area contributed by atoms with E-state index in [1.165, 1.54) is 26.2 Å². The van der Waals surface area contributed by atoms with Crippen molar-refractivity contribution in [3.8, 4) is 0 Å². The van der Waals surface area contributed by atoms with Crippen molar-refractivity contribution in [3.05, 3.63) is 11.5 Å². The molecular formula is C8H15N3S. The molecule has 4 heteroatoms. The van der Waals surface area contributed by atoms with Gasteiger partial charge in [-0.1, -0.05) is 6.08 Å². The molecule has 2 heterocycles. The minimum atomic E-state index is 1.08. The maximum absolute atomic E-state index is 2.44. The first-order chi connectivity index (χ1) is 5.86. The SMILES string of the molecule is CN1CCN(N2CC=CS2)CC1. The van der Waals surface area contributed by atoms with Crippen LogP contribution in [0.1, 0.15) is 0 Å². The van der Waals surface area contributed by atoms with Crippen molar-refractivity contribution in [1.82, 2.24) is 14.3 Å². The molecule has 0 radical (unpaired) electrons. The van der Waals surface area contributed by atoms with E-state index in [4.69, 9.17) is 0 Å². The van der Waals surface area contributed by atoms with E-state index in [1.807, 2.05) is 11.9 Å². The van der Waals surface area contributed by atoms with Crippen molar-refractivity contribution in [2.45, 2.75) is 0 Å². The van der Waals surface area contributed by atoms with Crippen molar-refractivity contribution >= 4 is 11.9 Å². The molecular weight excluding hydrogens is 170 g/mol. The van der Waals surface area contributed by atoms with Gasteiger partial charge < -0.3 is 4.90 Å². The Morgan fingerprint density at radius 3 is 2.50 bits per heavy atom.